The van der Waals surface area contributed by atoms with E-state index in [0.29, 0.717) is 23.1 Å². The Morgan fingerprint density at radius 1 is 1.05 bits per heavy atom. The molecule has 6 heteroatoms. The van der Waals surface area contributed by atoms with Gasteiger partial charge in [0.1, 0.15) is 5.69 Å². The van der Waals surface area contributed by atoms with E-state index in [1.54, 1.807) is 18.3 Å². The van der Waals surface area contributed by atoms with Crippen LogP contribution >= 0.6 is 15.9 Å². The van der Waals surface area contributed by atoms with Crippen LogP contribution in [-0.4, -0.2) is 15.1 Å². The molecule has 2 aromatic heterocycles. The third-order valence-corrected chi connectivity index (χ3v) is 3.06. The van der Waals surface area contributed by atoms with Gasteiger partial charge in [0.05, 0.1) is 11.9 Å². The van der Waals surface area contributed by atoms with Gasteiger partial charge in [0.15, 0.2) is 0 Å². The highest BCUT2D eigenvalue weighted by Gasteiger charge is 2.11. The number of rotatable bonds is 2. The highest BCUT2D eigenvalue weighted by atomic mass is 79.9. The summed E-state index contributed by atoms with van der Waals surface area (Å²) in [5.41, 5.74) is 7.66. The van der Waals surface area contributed by atoms with Crippen molar-refractivity contribution in [1.82, 2.24) is 15.1 Å². The van der Waals surface area contributed by atoms with Crippen LogP contribution in [0.5, 0.6) is 0 Å². The van der Waals surface area contributed by atoms with Gasteiger partial charge < -0.3 is 10.3 Å². The summed E-state index contributed by atoms with van der Waals surface area (Å²) in [6, 6.07) is 11.2. The second-order valence-electron chi connectivity index (χ2n) is 3.91. The smallest absolute Gasteiger partial charge is 0.276 e. The maximum absolute atomic E-state index is 5.58. The van der Waals surface area contributed by atoms with E-state index in [1.165, 1.54) is 0 Å². The second kappa shape index (κ2) is 4.81. The SMILES string of the molecule is Nc1ccc(-c2nc(-c3ccc(Br)cc3)no2)nc1. The molecule has 3 aromatic rings. The molecule has 2 heterocycles. The molecular weight excluding hydrogens is 308 g/mol. The first-order valence-corrected chi connectivity index (χ1v) is 6.33. The van der Waals surface area contributed by atoms with E-state index in [2.05, 4.69) is 31.1 Å². The Morgan fingerprint density at radius 2 is 1.84 bits per heavy atom. The number of hydrogen-bond donors (Lipinski definition) is 1. The Morgan fingerprint density at radius 3 is 2.53 bits per heavy atom. The largest absolute Gasteiger partial charge is 0.397 e. The Hall–Kier alpha value is -2.21. The lowest BCUT2D eigenvalue weighted by Crippen LogP contribution is -1.88. The van der Waals surface area contributed by atoms with Crippen LogP contribution < -0.4 is 5.73 Å². The van der Waals surface area contributed by atoms with Gasteiger partial charge in [-0.05, 0) is 36.4 Å². The Bertz CT molecular complexity index is 631. The number of nitrogens with zero attached hydrogens (tertiary/aromatic N) is 3. The average Bonchev–Trinajstić information content (AvgIpc) is 2.90. The van der Waals surface area contributed by atoms with E-state index in [4.69, 9.17) is 10.3 Å². The van der Waals surface area contributed by atoms with Gasteiger partial charge in [-0.3, -0.25) is 0 Å². The summed E-state index contributed by atoms with van der Waals surface area (Å²) in [5.74, 6) is 0.902. The minimum Gasteiger partial charge on any atom is -0.397 e. The molecule has 1 aromatic carbocycles. The summed E-state index contributed by atoms with van der Waals surface area (Å²) in [4.78, 5) is 8.45. The minimum atomic E-state index is 0.373. The van der Waals surface area contributed by atoms with Crippen LogP contribution in [-0.2, 0) is 0 Å². The van der Waals surface area contributed by atoms with Crippen molar-refractivity contribution in [2.45, 2.75) is 0 Å². The fourth-order valence-corrected chi connectivity index (χ4v) is 1.84. The maximum atomic E-state index is 5.58. The van der Waals surface area contributed by atoms with Crippen LogP contribution in [0.3, 0.4) is 0 Å². The van der Waals surface area contributed by atoms with E-state index in [1.807, 2.05) is 24.3 Å². The van der Waals surface area contributed by atoms with Crippen LogP contribution in [0.25, 0.3) is 23.0 Å². The lowest BCUT2D eigenvalue weighted by Gasteiger charge is -1.94. The van der Waals surface area contributed by atoms with Crippen LogP contribution in [0, 0.1) is 0 Å². The molecule has 2 N–H and O–H groups in total. The van der Waals surface area contributed by atoms with E-state index in [0.717, 1.165) is 10.0 Å². The van der Waals surface area contributed by atoms with Gasteiger partial charge in [-0.25, -0.2) is 4.98 Å². The summed E-state index contributed by atoms with van der Waals surface area (Å²) < 4.78 is 6.20. The maximum Gasteiger partial charge on any atom is 0.276 e. The molecule has 0 spiro atoms. The summed E-state index contributed by atoms with van der Waals surface area (Å²) >= 11 is 3.38. The highest BCUT2D eigenvalue weighted by Crippen LogP contribution is 2.22. The monoisotopic (exact) mass is 316 g/mol. The number of benzene rings is 1. The molecular formula is C13H9BrN4O. The molecule has 19 heavy (non-hydrogen) atoms. The molecule has 0 unspecified atom stereocenters. The number of halogens is 1. The van der Waals surface area contributed by atoms with Crippen LogP contribution in [0.15, 0.2) is 51.6 Å². The number of pyridine rings is 1. The zero-order chi connectivity index (χ0) is 13.2. The molecule has 0 aliphatic rings. The number of nitrogen functional groups attached to an aromatic ring is 1. The molecule has 0 atom stereocenters. The Kier molecular flexibility index (Phi) is 3.00. The standard InChI is InChI=1S/C13H9BrN4O/c14-9-3-1-8(2-4-9)12-17-13(19-18-12)11-6-5-10(15)7-16-11/h1-7H,15H2. The van der Waals surface area contributed by atoms with Gasteiger partial charge in [-0.2, -0.15) is 4.98 Å². The first-order valence-electron chi connectivity index (χ1n) is 5.54. The third-order valence-electron chi connectivity index (χ3n) is 2.53. The van der Waals surface area contributed by atoms with E-state index >= 15 is 0 Å². The van der Waals surface area contributed by atoms with E-state index in [9.17, 15) is 0 Å². The molecule has 0 amide bonds. The predicted octanol–water partition coefficient (Wildman–Crippen LogP) is 3.14. The number of nitrogens with two attached hydrogens (primary N) is 1. The molecule has 5 nitrogen and oxygen atoms in total. The summed E-state index contributed by atoms with van der Waals surface area (Å²) in [5, 5.41) is 3.94. The zero-order valence-electron chi connectivity index (χ0n) is 9.75. The molecule has 0 radical (unpaired) electrons. The first-order chi connectivity index (χ1) is 9.22. The van der Waals surface area contributed by atoms with Crippen molar-refractivity contribution in [3.63, 3.8) is 0 Å². The van der Waals surface area contributed by atoms with Gasteiger partial charge in [0.25, 0.3) is 5.89 Å². The molecule has 0 fully saturated rings. The molecule has 0 bridgehead atoms. The fourth-order valence-electron chi connectivity index (χ4n) is 1.58. The third kappa shape index (κ3) is 2.48. The average molecular weight is 317 g/mol. The predicted molar refractivity (Wildman–Crippen MR) is 75.1 cm³/mol. The minimum absolute atomic E-state index is 0.373. The van der Waals surface area contributed by atoms with Crippen molar-refractivity contribution < 1.29 is 4.52 Å². The number of anilines is 1. The van der Waals surface area contributed by atoms with Crippen molar-refractivity contribution in [2.75, 3.05) is 5.73 Å². The van der Waals surface area contributed by atoms with Crippen molar-refractivity contribution in [2.24, 2.45) is 0 Å². The molecule has 94 valence electrons. The molecule has 0 aliphatic carbocycles. The second-order valence-corrected chi connectivity index (χ2v) is 4.82. The molecule has 0 saturated carbocycles. The van der Waals surface area contributed by atoms with Crippen LogP contribution in [0.1, 0.15) is 0 Å². The first kappa shape index (κ1) is 11.9. The van der Waals surface area contributed by atoms with Crippen molar-refractivity contribution in [3.8, 4) is 23.0 Å². The van der Waals surface area contributed by atoms with Crippen molar-refractivity contribution in [3.05, 3.63) is 47.1 Å². The Balaban J connectivity index is 1.95. The lowest BCUT2D eigenvalue weighted by atomic mass is 10.2. The zero-order valence-corrected chi connectivity index (χ0v) is 11.3. The number of hydrogen-bond acceptors (Lipinski definition) is 5. The van der Waals surface area contributed by atoms with Crippen molar-refractivity contribution >= 4 is 21.6 Å². The fraction of sp³-hybridized carbons (Fsp3) is 0. The summed E-state index contributed by atoms with van der Waals surface area (Å²) in [6.07, 6.45) is 1.55. The normalized spacial score (nSPS) is 10.6. The van der Waals surface area contributed by atoms with Gasteiger partial charge in [0.2, 0.25) is 5.82 Å². The number of aromatic nitrogens is 3. The van der Waals surface area contributed by atoms with Crippen molar-refractivity contribution in [1.29, 1.82) is 0 Å². The van der Waals surface area contributed by atoms with E-state index in [-0.39, 0.29) is 0 Å². The summed E-state index contributed by atoms with van der Waals surface area (Å²) in [7, 11) is 0. The molecule has 0 aliphatic heterocycles. The van der Waals surface area contributed by atoms with E-state index < -0.39 is 0 Å². The topological polar surface area (TPSA) is 77.8 Å². The Labute approximate surface area is 117 Å². The van der Waals surface area contributed by atoms with Gasteiger partial charge >= 0.3 is 0 Å². The van der Waals surface area contributed by atoms with Gasteiger partial charge in [0, 0.05) is 10.0 Å². The molecule has 0 saturated heterocycles. The van der Waals surface area contributed by atoms with Gasteiger partial charge in [-0.1, -0.05) is 21.1 Å². The lowest BCUT2D eigenvalue weighted by molar-refractivity contribution is 0.431. The highest BCUT2D eigenvalue weighted by molar-refractivity contribution is 9.10. The quantitative estimate of drug-likeness (QED) is 0.785. The summed E-state index contributed by atoms with van der Waals surface area (Å²) in [6.45, 7) is 0. The van der Waals surface area contributed by atoms with Gasteiger partial charge in [-0.15, -0.1) is 0 Å². The molecule has 3 rings (SSSR count). The van der Waals surface area contributed by atoms with Crippen LogP contribution in [0.2, 0.25) is 0 Å². The van der Waals surface area contributed by atoms with Crippen LogP contribution in [0.4, 0.5) is 5.69 Å².